The molecule has 0 aromatic heterocycles. The van der Waals surface area contributed by atoms with Gasteiger partial charge in [-0.05, 0) is 48.9 Å². The van der Waals surface area contributed by atoms with E-state index >= 15 is 0 Å². The fraction of sp³-hybridized carbons (Fsp3) is 0.133. The van der Waals surface area contributed by atoms with Gasteiger partial charge in [0.1, 0.15) is 0 Å². The predicted octanol–water partition coefficient (Wildman–Crippen LogP) is 4.60. The summed E-state index contributed by atoms with van der Waals surface area (Å²) >= 11 is 11.8. The molecule has 0 saturated heterocycles. The molecular weight excluding hydrogens is 295 g/mol. The van der Waals surface area contributed by atoms with Crippen LogP contribution in [0.5, 0.6) is 0 Å². The molecule has 0 heterocycles. The summed E-state index contributed by atoms with van der Waals surface area (Å²) in [6.45, 7) is 1.89. The predicted molar refractivity (Wildman–Crippen MR) is 85.1 cm³/mol. The monoisotopic (exact) mass is 308 g/mol. The van der Waals surface area contributed by atoms with Crippen LogP contribution in [-0.2, 0) is 0 Å². The number of carbonyl (C=O) groups excluding carboxylic acids is 1. The Balaban J connectivity index is 2.21. The van der Waals surface area contributed by atoms with E-state index in [2.05, 4.69) is 10.6 Å². The number of hydrogen-bond donors (Lipinski definition) is 2. The van der Waals surface area contributed by atoms with Crippen molar-refractivity contribution in [2.75, 3.05) is 17.7 Å². The Kier molecular flexibility index (Phi) is 4.53. The molecule has 3 nitrogen and oxygen atoms in total. The zero-order valence-electron chi connectivity index (χ0n) is 11.1. The molecule has 2 N–H and O–H groups in total. The maximum absolute atomic E-state index is 12.2. The lowest BCUT2D eigenvalue weighted by molar-refractivity contribution is 0.102. The molecule has 0 radical (unpaired) electrons. The van der Waals surface area contributed by atoms with Crippen molar-refractivity contribution < 1.29 is 4.79 Å². The third kappa shape index (κ3) is 3.24. The molecule has 0 aliphatic rings. The Labute approximate surface area is 127 Å². The molecule has 2 aromatic rings. The number of halogens is 2. The van der Waals surface area contributed by atoms with E-state index in [-0.39, 0.29) is 5.91 Å². The summed E-state index contributed by atoms with van der Waals surface area (Å²) < 4.78 is 0. The zero-order chi connectivity index (χ0) is 14.7. The summed E-state index contributed by atoms with van der Waals surface area (Å²) in [5.74, 6) is -0.177. The van der Waals surface area contributed by atoms with Gasteiger partial charge in [-0.25, -0.2) is 0 Å². The van der Waals surface area contributed by atoms with Crippen LogP contribution in [0.15, 0.2) is 36.4 Å². The van der Waals surface area contributed by atoms with Crippen LogP contribution in [-0.4, -0.2) is 13.0 Å². The van der Waals surface area contributed by atoms with Gasteiger partial charge in [0.15, 0.2) is 0 Å². The van der Waals surface area contributed by atoms with Crippen LogP contribution in [0.2, 0.25) is 10.0 Å². The van der Waals surface area contributed by atoms with Gasteiger partial charge in [-0.1, -0.05) is 23.2 Å². The smallest absolute Gasteiger partial charge is 0.255 e. The van der Waals surface area contributed by atoms with Gasteiger partial charge >= 0.3 is 0 Å². The number of amides is 1. The third-order valence-corrected chi connectivity index (χ3v) is 3.68. The average Bonchev–Trinajstić information content (AvgIpc) is 2.42. The van der Waals surface area contributed by atoms with E-state index in [4.69, 9.17) is 23.2 Å². The highest BCUT2D eigenvalue weighted by Crippen LogP contribution is 2.25. The molecular formula is C15H14Cl2N2O. The molecule has 0 spiro atoms. The zero-order valence-corrected chi connectivity index (χ0v) is 12.6. The first-order valence-corrected chi connectivity index (χ1v) is 6.81. The van der Waals surface area contributed by atoms with Crippen molar-refractivity contribution in [3.8, 4) is 0 Å². The quantitative estimate of drug-likeness (QED) is 0.870. The van der Waals surface area contributed by atoms with Crippen molar-refractivity contribution in [1.29, 1.82) is 0 Å². The number of hydrogen-bond acceptors (Lipinski definition) is 2. The number of aryl methyl sites for hydroxylation is 1. The van der Waals surface area contributed by atoms with Gasteiger partial charge in [-0.3, -0.25) is 4.79 Å². The maximum Gasteiger partial charge on any atom is 0.255 e. The first-order chi connectivity index (χ1) is 9.51. The van der Waals surface area contributed by atoms with E-state index in [0.717, 1.165) is 11.3 Å². The Morgan fingerprint density at radius 1 is 1.00 bits per heavy atom. The lowest BCUT2D eigenvalue weighted by Gasteiger charge is -2.10. The summed E-state index contributed by atoms with van der Waals surface area (Å²) in [4.78, 5) is 12.2. The van der Waals surface area contributed by atoms with Crippen LogP contribution < -0.4 is 10.6 Å². The van der Waals surface area contributed by atoms with Crippen molar-refractivity contribution in [1.82, 2.24) is 0 Å². The summed E-state index contributed by atoms with van der Waals surface area (Å²) in [5, 5.41) is 6.70. The number of carbonyl (C=O) groups is 1. The SMILES string of the molecule is CNc1ccc(C(=O)Nc2ccc(Cl)c(Cl)c2)c(C)c1. The lowest BCUT2D eigenvalue weighted by atomic mass is 10.1. The third-order valence-electron chi connectivity index (χ3n) is 2.94. The van der Waals surface area contributed by atoms with Crippen molar-refractivity contribution in [2.24, 2.45) is 0 Å². The molecule has 0 aliphatic heterocycles. The molecule has 0 bridgehead atoms. The van der Waals surface area contributed by atoms with E-state index < -0.39 is 0 Å². The van der Waals surface area contributed by atoms with Gasteiger partial charge < -0.3 is 10.6 Å². The average molecular weight is 309 g/mol. The Bertz CT molecular complexity index is 656. The summed E-state index contributed by atoms with van der Waals surface area (Å²) in [5.41, 5.74) is 3.10. The van der Waals surface area contributed by atoms with Crippen molar-refractivity contribution >= 4 is 40.5 Å². The second kappa shape index (κ2) is 6.16. The van der Waals surface area contributed by atoms with Crippen LogP contribution in [0, 0.1) is 6.92 Å². The van der Waals surface area contributed by atoms with E-state index in [1.165, 1.54) is 0 Å². The summed E-state index contributed by atoms with van der Waals surface area (Å²) in [6, 6.07) is 10.5. The van der Waals surface area contributed by atoms with Gasteiger partial charge in [-0.2, -0.15) is 0 Å². The Morgan fingerprint density at radius 2 is 1.70 bits per heavy atom. The highest BCUT2D eigenvalue weighted by atomic mass is 35.5. The van der Waals surface area contributed by atoms with E-state index in [1.807, 2.05) is 26.1 Å². The first-order valence-electron chi connectivity index (χ1n) is 6.06. The molecule has 2 aromatic carbocycles. The van der Waals surface area contributed by atoms with Crippen LogP contribution in [0.25, 0.3) is 0 Å². The van der Waals surface area contributed by atoms with Gasteiger partial charge in [0, 0.05) is 24.0 Å². The second-order valence-electron chi connectivity index (χ2n) is 4.36. The molecule has 0 unspecified atom stereocenters. The highest BCUT2D eigenvalue weighted by Gasteiger charge is 2.10. The standard InChI is InChI=1S/C15H14Cl2N2O/c1-9-7-10(18-2)3-5-12(9)15(20)19-11-4-6-13(16)14(17)8-11/h3-8,18H,1-2H3,(H,19,20). The molecule has 0 fully saturated rings. The van der Waals surface area contributed by atoms with Crippen molar-refractivity contribution in [2.45, 2.75) is 6.92 Å². The minimum atomic E-state index is -0.177. The number of rotatable bonds is 3. The van der Waals surface area contributed by atoms with Crippen LogP contribution in [0.4, 0.5) is 11.4 Å². The normalized spacial score (nSPS) is 10.2. The van der Waals surface area contributed by atoms with Crippen LogP contribution >= 0.6 is 23.2 Å². The van der Waals surface area contributed by atoms with Gasteiger partial charge in [0.2, 0.25) is 0 Å². The molecule has 0 atom stereocenters. The number of benzene rings is 2. The minimum absolute atomic E-state index is 0.177. The topological polar surface area (TPSA) is 41.1 Å². The molecule has 104 valence electrons. The highest BCUT2D eigenvalue weighted by molar-refractivity contribution is 6.42. The molecule has 0 aliphatic carbocycles. The molecule has 0 saturated carbocycles. The Hall–Kier alpha value is -1.71. The van der Waals surface area contributed by atoms with Gasteiger partial charge in [-0.15, -0.1) is 0 Å². The number of anilines is 2. The summed E-state index contributed by atoms with van der Waals surface area (Å²) in [7, 11) is 1.84. The lowest BCUT2D eigenvalue weighted by Crippen LogP contribution is -2.13. The largest absolute Gasteiger partial charge is 0.388 e. The summed E-state index contributed by atoms with van der Waals surface area (Å²) in [6.07, 6.45) is 0. The minimum Gasteiger partial charge on any atom is -0.388 e. The second-order valence-corrected chi connectivity index (χ2v) is 5.18. The Morgan fingerprint density at radius 3 is 2.30 bits per heavy atom. The van der Waals surface area contributed by atoms with Crippen LogP contribution in [0.1, 0.15) is 15.9 Å². The number of nitrogens with one attached hydrogen (secondary N) is 2. The van der Waals surface area contributed by atoms with E-state index in [0.29, 0.717) is 21.3 Å². The fourth-order valence-corrected chi connectivity index (χ4v) is 2.14. The van der Waals surface area contributed by atoms with Crippen molar-refractivity contribution in [3.63, 3.8) is 0 Å². The maximum atomic E-state index is 12.2. The van der Waals surface area contributed by atoms with Gasteiger partial charge in [0.05, 0.1) is 10.0 Å². The fourth-order valence-electron chi connectivity index (χ4n) is 1.85. The molecule has 1 amide bonds. The van der Waals surface area contributed by atoms with E-state index in [1.54, 1.807) is 24.3 Å². The van der Waals surface area contributed by atoms with Crippen molar-refractivity contribution in [3.05, 3.63) is 57.6 Å². The molecule has 2 rings (SSSR count). The van der Waals surface area contributed by atoms with Gasteiger partial charge in [0.25, 0.3) is 5.91 Å². The molecule has 5 heteroatoms. The first kappa shape index (κ1) is 14.7. The van der Waals surface area contributed by atoms with E-state index in [9.17, 15) is 4.79 Å². The van der Waals surface area contributed by atoms with Crippen LogP contribution in [0.3, 0.4) is 0 Å². The molecule has 20 heavy (non-hydrogen) atoms.